The summed E-state index contributed by atoms with van der Waals surface area (Å²) in [7, 11) is -4.36. The lowest BCUT2D eigenvalue weighted by atomic mass is 10.2. The molecule has 0 N–H and O–H groups in total. The van der Waals surface area contributed by atoms with E-state index < -0.39 is 51.1 Å². The maximum atomic E-state index is 12.4. The van der Waals surface area contributed by atoms with Crippen molar-refractivity contribution in [3.8, 4) is 0 Å². The average molecular weight is 438 g/mol. The Kier molecular flexibility index (Phi) is 7.68. The fourth-order valence-corrected chi connectivity index (χ4v) is 2.48. The van der Waals surface area contributed by atoms with Crippen molar-refractivity contribution in [2.24, 2.45) is 0 Å². The van der Waals surface area contributed by atoms with Crippen LogP contribution in [0.4, 0.5) is 52.7 Å². The number of rotatable bonds is 5. The van der Waals surface area contributed by atoms with E-state index in [0.717, 1.165) is 20.8 Å². The van der Waals surface area contributed by atoms with E-state index in [-0.39, 0.29) is 0 Å². The molecule has 0 aliphatic heterocycles. The summed E-state index contributed by atoms with van der Waals surface area (Å²) in [6.07, 6.45) is -34.2. The largest absolute Gasteiger partial charge is 0.424 e. The molecule has 0 bridgehead atoms. The van der Waals surface area contributed by atoms with E-state index in [1.165, 1.54) is 0 Å². The van der Waals surface area contributed by atoms with Gasteiger partial charge in [-0.1, -0.05) is 0 Å². The molecule has 3 nitrogen and oxygen atoms in total. The van der Waals surface area contributed by atoms with Crippen LogP contribution in [0.15, 0.2) is 0 Å². The second kappa shape index (κ2) is 7.84. The topological polar surface area (TPSA) is 27.7 Å². The van der Waals surface area contributed by atoms with Crippen LogP contribution in [0.2, 0.25) is 0 Å². The van der Waals surface area contributed by atoms with Gasteiger partial charge in [-0.25, -0.2) is 0 Å². The minimum absolute atomic E-state index is 0.932. The molecule has 0 aromatic heterocycles. The first-order valence-electron chi connectivity index (χ1n) is 6.15. The predicted octanol–water partition coefficient (Wildman–Crippen LogP) is 6.05. The van der Waals surface area contributed by atoms with Crippen LogP contribution in [0.5, 0.6) is 0 Å². The van der Waals surface area contributed by atoms with E-state index in [4.69, 9.17) is 0 Å². The Labute approximate surface area is 139 Å². The smallest absolute Gasteiger partial charge is 0.306 e. The number of hydrogen-bond acceptors (Lipinski definition) is 3. The lowest BCUT2D eigenvalue weighted by Crippen LogP contribution is -2.46. The number of alkyl halides is 12. The molecule has 26 heavy (non-hydrogen) atoms. The molecular weight excluding hydrogens is 427 g/mol. The standard InChI is InChI=1S/C10H11F12O3P/c1-6(2,3)25-26(23-4(7(11,12)13)8(14,15)16)24-5(9(17,18)19)10(20,21)22/h4-5H,1-3H3. The molecule has 0 rings (SSSR count). The SMILES string of the molecule is CC(C)(C)OP(OC(C(F)(F)F)C(F)(F)F)OC(C(F)(F)F)C(F)(F)F. The van der Waals surface area contributed by atoms with Crippen molar-refractivity contribution in [2.45, 2.75) is 63.3 Å². The van der Waals surface area contributed by atoms with E-state index >= 15 is 0 Å². The lowest BCUT2D eigenvalue weighted by Gasteiger charge is -2.33. The van der Waals surface area contributed by atoms with Crippen LogP contribution >= 0.6 is 8.60 Å². The molecule has 0 aromatic rings. The Morgan fingerprint density at radius 3 is 0.923 bits per heavy atom. The van der Waals surface area contributed by atoms with Gasteiger partial charge in [0, 0.05) is 0 Å². The van der Waals surface area contributed by atoms with Gasteiger partial charge in [0.25, 0.3) is 12.2 Å². The Balaban J connectivity index is 5.79. The quantitative estimate of drug-likeness (QED) is 0.387. The van der Waals surface area contributed by atoms with Crippen molar-refractivity contribution < 1.29 is 66.3 Å². The zero-order valence-electron chi connectivity index (χ0n) is 12.9. The summed E-state index contributed by atoms with van der Waals surface area (Å²) in [4.78, 5) is 0. The van der Waals surface area contributed by atoms with Gasteiger partial charge >= 0.3 is 33.3 Å². The number of halogens is 12. The summed E-state index contributed by atoms with van der Waals surface area (Å²) in [6, 6.07) is 0. The first kappa shape index (κ1) is 25.5. The summed E-state index contributed by atoms with van der Waals surface area (Å²) < 4.78 is 160. The first-order valence-corrected chi connectivity index (χ1v) is 7.24. The predicted molar refractivity (Wildman–Crippen MR) is 61.7 cm³/mol. The highest BCUT2D eigenvalue weighted by Gasteiger charge is 2.63. The summed E-state index contributed by atoms with van der Waals surface area (Å²) in [5.74, 6) is 0. The van der Waals surface area contributed by atoms with Crippen LogP contribution in [-0.2, 0) is 13.6 Å². The van der Waals surface area contributed by atoms with Gasteiger partial charge in [-0.3, -0.25) is 9.05 Å². The molecule has 0 saturated heterocycles. The van der Waals surface area contributed by atoms with Gasteiger partial charge in [-0.2, -0.15) is 52.7 Å². The Hall–Kier alpha value is -0.530. The van der Waals surface area contributed by atoms with E-state index in [1.54, 1.807) is 0 Å². The lowest BCUT2D eigenvalue weighted by molar-refractivity contribution is -0.315. The van der Waals surface area contributed by atoms with Crippen molar-refractivity contribution in [3.05, 3.63) is 0 Å². The highest BCUT2D eigenvalue weighted by atomic mass is 31.2. The van der Waals surface area contributed by atoms with Gasteiger partial charge in [0.1, 0.15) is 0 Å². The fourth-order valence-electron chi connectivity index (χ4n) is 1.07. The molecule has 0 aliphatic rings. The van der Waals surface area contributed by atoms with Crippen molar-refractivity contribution in [3.63, 3.8) is 0 Å². The van der Waals surface area contributed by atoms with Crippen LogP contribution in [0, 0.1) is 0 Å². The summed E-state index contributed by atoms with van der Waals surface area (Å²) in [6.45, 7) is 2.80. The van der Waals surface area contributed by atoms with Gasteiger partial charge in [-0.15, -0.1) is 0 Å². The maximum Gasteiger partial charge on any atom is 0.424 e. The zero-order chi connectivity index (χ0) is 21.4. The molecule has 0 aromatic carbocycles. The molecule has 16 heteroatoms. The van der Waals surface area contributed by atoms with E-state index in [2.05, 4.69) is 13.6 Å². The Bertz CT molecular complexity index is 385. The molecule has 0 unspecified atom stereocenters. The van der Waals surface area contributed by atoms with Gasteiger partial charge in [0.15, 0.2) is 0 Å². The second-order valence-corrected chi connectivity index (χ2v) is 6.62. The van der Waals surface area contributed by atoms with Crippen LogP contribution in [-0.4, -0.2) is 42.5 Å². The third-order valence-corrected chi connectivity index (χ3v) is 3.38. The highest BCUT2D eigenvalue weighted by Crippen LogP contribution is 2.54. The molecule has 0 spiro atoms. The maximum absolute atomic E-state index is 12.4. The molecular formula is C10H11F12O3P. The molecule has 0 fully saturated rings. The molecule has 0 heterocycles. The minimum Gasteiger partial charge on any atom is -0.306 e. The van der Waals surface area contributed by atoms with E-state index in [1.807, 2.05) is 0 Å². The van der Waals surface area contributed by atoms with E-state index in [9.17, 15) is 52.7 Å². The Morgan fingerprint density at radius 2 is 0.769 bits per heavy atom. The van der Waals surface area contributed by atoms with Gasteiger partial charge < -0.3 is 4.52 Å². The third-order valence-electron chi connectivity index (χ3n) is 1.92. The summed E-state index contributed by atoms with van der Waals surface area (Å²) in [5, 5.41) is 0. The molecule has 158 valence electrons. The monoisotopic (exact) mass is 438 g/mol. The van der Waals surface area contributed by atoms with Gasteiger partial charge in [0.2, 0.25) is 0 Å². The van der Waals surface area contributed by atoms with Crippen LogP contribution in [0.1, 0.15) is 20.8 Å². The van der Waals surface area contributed by atoms with Crippen LogP contribution < -0.4 is 0 Å². The van der Waals surface area contributed by atoms with Crippen molar-refractivity contribution >= 4 is 8.60 Å². The highest BCUT2D eigenvalue weighted by molar-refractivity contribution is 7.41. The van der Waals surface area contributed by atoms with Crippen molar-refractivity contribution in [2.75, 3.05) is 0 Å². The van der Waals surface area contributed by atoms with Crippen LogP contribution in [0.25, 0.3) is 0 Å². The minimum atomic E-state index is -6.20. The van der Waals surface area contributed by atoms with Gasteiger partial charge in [-0.05, 0) is 20.8 Å². The summed E-state index contributed by atoms with van der Waals surface area (Å²) in [5.41, 5.74) is -1.80. The Morgan fingerprint density at radius 1 is 0.538 bits per heavy atom. The average Bonchev–Trinajstić information content (AvgIpc) is 2.24. The van der Waals surface area contributed by atoms with Crippen LogP contribution in [0.3, 0.4) is 0 Å². The normalized spacial score (nSPS) is 15.5. The van der Waals surface area contributed by atoms with Gasteiger partial charge in [0.05, 0.1) is 5.60 Å². The molecule has 0 amide bonds. The van der Waals surface area contributed by atoms with Crippen molar-refractivity contribution in [1.82, 2.24) is 0 Å². The van der Waals surface area contributed by atoms with Crippen molar-refractivity contribution in [1.29, 1.82) is 0 Å². The zero-order valence-corrected chi connectivity index (χ0v) is 13.8. The fraction of sp³-hybridized carbons (Fsp3) is 1.00. The molecule has 0 atom stereocenters. The molecule has 0 saturated carbocycles. The molecule has 0 aliphatic carbocycles. The second-order valence-electron chi connectivity index (χ2n) is 5.56. The third kappa shape index (κ3) is 8.91. The first-order chi connectivity index (χ1) is 11.0. The summed E-state index contributed by atoms with van der Waals surface area (Å²) >= 11 is 0. The number of hydrogen-bond donors (Lipinski definition) is 0. The van der Waals surface area contributed by atoms with E-state index in [0.29, 0.717) is 0 Å². The molecule has 0 radical (unpaired) electrons.